The van der Waals surface area contributed by atoms with Gasteiger partial charge in [-0.2, -0.15) is 0 Å². The molecule has 1 saturated heterocycles. The highest BCUT2D eigenvalue weighted by molar-refractivity contribution is 4.97. The normalized spacial score (nSPS) is 31.2. The van der Waals surface area contributed by atoms with E-state index in [0.717, 1.165) is 19.1 Å². The lowest BCUT2D eigenvalue weighted by molar-refractivity contribution is 0.187. The molecule has 2 heteroatoms. The minimum atomic E-state index is 0.635. The standard InChI is InChI=1S/C11H21NO/c1-9(2)11(4-5-11)8-12-10-3-6-13-7-10/h9-10,12H,3-8H2,1-2H3. The van der Waals surface area contributed by atoms with E-state index < -0.39 is 0 Å². The fourth-order valence-corrected chi connectivity index (χ4v) is 2.16. The van der Waals surface area contributed by atoms with Crippen molar-refractivity contribution in [2.45, 2.75) is 39.2 Å². The van der Waals surface area contributed by atoms with E-state index >= 15 is 0 Å². The topological polar surface area (TPSA) is 21.3 Å². The summed E-state index contributed by atoms with van der Waals surface area (Å²) >= 11 is 0. The van der Waals surface area contributed by atoms with Gasteiger partial charge < -0.3 is 10.1 Å². The van der Waals surface area contributed by atoms with Crippen LogP contribution in [-0.2, 0) is 4.74 Å². The van der Waals surface area contributed by atoms with Crippen molar-refractivity contribution in [1.29, 1.82) is 0 Å². The molecule has 0 bridgehead atoms. The lowest BCUT2D eigenvalue weighted by atomic mass is 9.92. The van der Waals surface area contributed by atoms with E-state index in [9.17, 15) is 0 Å². The zero-order chi connectivity index (χ0) is 9.31. The summed E-state index contributed by atoms with van der Waals surface area (Å²) in [4.78, 5) is 0. The molecule has 2 rings (SSSR count). The van der Waals surface area contributed by atoms with Gasteiger partial charge in [0, 0.05) is 19.2 Å². The van der Waals surface area contributed by atoms with Crippen LogP contribution in [0.15, 0.2) is 0 Å². The molecule has 1 aliphatic heterocycles. The van der Waals surface area contributed by atoms with Crippen LogP contribution in [0.5, 0.6) is 0 Å². The molecule has 0 radical (unpaired) electrons. The van der Waals surface area contributed by atoms with Gasteiger partial charge in [0.05, 0.1) is 6.61 Å². The fraction of sp³-hybridized carbons (Fsp3) is 1.00. The quantitative estimate of drug-likeness (QED) is 0.717. The van der Waals surface area contributed by atoms with Gasteiger partial charge in [-0.15, -0.1) is 0 Å². The van der Waals surface area contributed by atoms with Gasteiger partial charge in [-0.1, -0.05) is 13.8 Å². The zero-order valence-corrected chi connectivity index (χ0v) is 8.81. The van der Waals surface area contributed by atoms with Gasteiger partial charge >= 0.3 is 0 Å². The third-order valence-corrected chi connectivity index (χ3v) is 3.79. The van der Waals surface area contributed by atoms with Gasteiger partial charge in [-0.25, -0.2) is 0 Å². The molecule has 2 aliphatic rings. The molecule has 0 spiro atoms. The Balaban J connectivity index is 1.72. The molecule has 1 unspecified atom stereocenters. The monoisotopic (exact) mass is 183 g/mol. The largest absolute Gasteiger partial charge is 0.380 e. The van der Waals surface area contributed by atoms with E-state index in [4.69, 9.17) is 4.74 Å². The predicted molar refractivity (Wildman–Crippen MR) is 53.7 cm³/mol. The van der Waals surface area contributed by atoms with E-state index in [1.54, 1.807) is 0 Å². The average molecular weight is 183 g/mol. The number of hydrogen-bond acceptors (Lipinski definition) is 2. The van der Waals surface area contributed by atoms with Gasteiger partial charge in [-0.3, -0.25) is 0 Å². The number of rotatable bonds is 4. The van der Waals surface area contributed by atoms with Crippen molar-refractivity contribution >= 4 is 0 Å². The van der Waals surface area contributed by atoms with Gasteiger partial charge in [0.2, 0.25) is 0 Å². The maximum absolute atomic E-state index is 5.34. The highest BCUT2D eigenvalue weighted by Gasteiger charge is 2.45. The first-order valence-electron chi connectivity index (χ1n) is 5.54. The minimum Gasteiger partial charge on any atom is -0.380 e. The summed E-state index contributed by atoms with van der Waals surface area (Å²) in [6.07, 6.45) is 4.05. The molecule has 1 atom stereocenters. The Labute approximate surface area is 81.0 Å². The second kappa shape index (κ2) is 3.58. The Bertz CT molecular complexity index is 169. The summed E-state index contributed by atoms with van der Waals surface area (Å²) in [6, 6.07) is 0.635. The van der Waals surface area contributed by atoms with Crippen molar-refractivity contribution in [3.05, 3.63) is 0 Å². The van der Waals surface area contributed by atoms with Gasteiger partial charge in [-0.05, 0) is 30.6 Å². The zero-order valence-electron chi connectivity index (χ0n) is 8.81. The van der Waals surface area contributed by atoms with Crippen LogP contribution in [0.4, 0.5) is 0 Å². The van der Waals surface area contributed by atoms with E-state index in [-0.39, 0.29) is 0 Å². The lowest BCUT2D eigenvalue weighted by Crippen LogP contribution is -2.36. The first kappa shape index (κ1) is 9.47. The average Bonchev–Trinajstić information content (AvgIpc) is 2.73. The van der Waals surface area contributed by atoms with Gasteiger partial charge in [0.1, 0.15) is 0 Å². The maximum atomic E-state index is 5.34. The number of ether oxygens (including phenoxy) is 1. The van der Waals surface area contributed by atoms with Crippen LogP contribution in [0, 0.1) is 11.3 Å². The van der Waals surface area contributed by atoms with Crippen LogP contribution >= 0.6 is 0 Å². The minimum absolute atomic E-state index is 0.635. The number of hydrogen-bond donors (Lipinski definition) is 1. The van der Waals surface area contributed by atoms with Crippen LogP contribution in [0.25, 0.3) is 0 Å². The smallest absolute Gasteiger partial charge is 0.0620 e. The molecule has 2 fully saturated rings. The SMILES string of the molecule is CC(C)C1(CNC2CCOC2)CC1. The molecule has 0 aromatic carbocycles. The molecule has 13 heavy (non-hydrogen) atoms. The second-order valence-electron chi connectivity index (χ2n) is 4.96. The van der Waals surface area contributed by atoms with Gasteiger partial charge in [0.15, 0.2) is 0 Å². The van der Waals surface area contributed by atoms with Crippen molar-refractivity contribution in [3.8, 4) is 0 Å². The third kappa shape index (κ3) is 2.05. The summed E-state index contributed by atoms with van der Waals surface area (Å²) in [6.45, 7) is 7.78. The first-order chi connectivity index (χ1) is 6.23. The van der Waals surface area contributed by atoms with Gasteiger partial charge in [0.25, 0.3) is 0 Å². The van der Waals surface area contributed by atoms with E-state index in [2.05, 4.69) is 19.2 Å². The Morgan fingerprint density at radius 2 is 2.23 bits per heavy atom. The van der Waals surface area contributed by atoms with Crippen molar-refractivity contribution in [2.75, 3.05) is 19.8 Å². The Morgan fingerprint density at radius 3 is 2.69 bits per heavy atom. The molecule has 1 aliphatic carbocycles. The second-order valence-corrected chi connectivity index (χ2v) is 4.96. The van der Waals surface area contributed by atoms with Crippen LogP contribution in [-0.4, -0.2) is 25.8 Å². The van der Waals surface area contributed by atoms with Crippen molar-refractivity contribution in [1.82, 2.24) is 5.32 Å². The predicted octanol–water partition coefficient (Wildman–Crippen LogP) is 1.80. The van der Waals surface area contributed by atoms with Crippen LogP contribution in [0.2, 0.25) is 0 Å². The Hall–Kier alpha value is -0.0800. The van der Waals surface area contributed by atoms with Crippen LogP contribution in [0.3, 0.4) is 0 Å². The van der Waals surface area contributed by atoms with Crippen LogP contribution < -0.4 is 5.32 Å². The van der Waals surface area contributed by atoms with E-state index in [1.807, 2.05) is 0 Å². The molecule has 1 heterocycles. The summed E-state index contributed by atoms with van der Waals surface area (Å²) in [5, 5.41) is 3.64. The first-order valence-corrected chi connectivity index (χ1v) is 5.54. The molecular formula is C11H21NO. The molecule has 76 valence electrons. The summed E-state index contributed by atoms with van der Waals surface area (Å²) in [5.41, 5.74) is 0.641. The summed E-state index contributed by atoms with van der Waals surface area (Å²) in [5.74, 6) is 0.835. The van der Waals surface area contributed by atoms with Crippen molar-refractivity contribution in [2.24, 2.45) is 11.3 Å². The molecule has 0 aromatic heterocycles. The van der Waals surface area contributed by atoms with E-state index in [1.165, 1.54) is 25.8 Å². The fourth-order valence-electron chi connectivity index (χ4n) is 2.16. The summed E-state index contributed by atoms with van der Waals surface area (Å²) in [7, 11) is 0. The Kier molecular flexibility index (Phi) is 2.61. The molecule has 1 saturated carbocycles. The Morgan fingerprint density at radius 1 is 1.46 bits per heavy atom. The third-order valence-electron chi connectivity index (χ3n) is 3.79. The highest BCUT2D eigenvalue weighted by Crippen LogP contribution is 2.51. The molecular weight excluding hydrogens is 162 g/mol. The molecule has 0 amide bonds. The highest BCUT2D eigenvalue weighted by atomic mass is 16.5. The number of nitrogens with one attached hydrogen (secondary N) is 1. The lowest BCUT2D eigenvalue weighted by Gasteiger charge is -2.22. The molecule has 1 N–H and O–H groups in total. The van der Waals surface area contributed by atoms with Crippen LogP contribution in [0.1, 0.15) is 33.1 Å². The van der Waals surface area contributed by atoms with Crippen molar-refractivity contribution in [3.63, 3.8) is 0 Å². The molecule has 0 aromatic rings. The van der Waals surface area contributed by atoms with E-state index in [0.29, 0.717) is 11.5 Å². The maximum Gasteiger partial charge on any atom is 0.0620 e. The summed E-state index contributed by atoms with van der Waals surface area (Å²) < 4.78 is 5.34. The molecule has 2 nitrogen and oxygen atoms in total. The van der Waals surface area contributed by atoms with Crippen molar-refractivity contribution < 1.29 is 4.74 Å².